The lowest BCUT2D eigenvalue weighted by atomic mass is 10.0. The lowest BCUT2D eigenvalue weighted by Gasteiger charge is -2.17. The van der Waals surface area contributed by atoms with Gasteiger partial charge in [0.25, 0.3) is 5.91 Å². The lowest BCUT2D eigenvalue weighted by Crippen LogP contribution is -2.28. The molecule has 4 heteroatoms. The number of carbonyl (C=O) groups excluding carboxylic acids is 1. The maximum Gasteiger partial charge on any atom is 0.263 e. The molecule has 0 saturated heterocycles. The van der Waals surface area contributed by atoms with Crippen LogP contribution < -0.4 is 10.2 Å². The Morgan fingerprint density at radius 3 is 2.40 bits per heavy atom. The number of amides is 1. The molecule has 0 bridgehead atoms. The Hall–Kier alpha value is -3.06. The largest absolute Gasteiger partial charge is 0.350 e. The summed E-state index contributed by atoms with van der Waals surface area (Å²) in [6.07, 6.45) is 2.53. The summed E-state index contributed by atoms with van der Waals surface area (Å²) in [5, 5.41) is 12.2. The van der Waals surface area contributed by atoms with E-state index in [9.17, 15) is 10.1 Å². The third-order valence-electron chi connectivity index (χ3n) is 4.09. The van der Waals surface area contributed by atoms with Crippen LogP contribution in [0.15, 0.2) is 66.4 Å². The Labute approximate surface area is 149 Å². The minimum Gasteiger partial charge on any atom is -0.350 e. The highest BCUT2D eigenvalue weighted by molar-refractivity contribution is 5.97. The van der Waals surface area contributed by atoms with Crippen molar-refractivity contribution in [3.05, 3.63) is 77.5 Å². The Kier molecular flexibility index (Phi) is 6.36. The Balaban J connectivity index is 2.08. The van der Waals surface area contributed by atoms with Gasteiger partial charge in [0, 0.05) is 18.9 Å². The van der Waals surface area contributed by atoms with Crippen LogP contribution in [0.2, 0.25) is 0 Å². The van der Waals surface area contributed by atoms with Crippen LogP contribution in [-0.2, 0) is 11.2 Å². The summed E-state index contributed by atoms with van der Waals surface area (Å²) in [5.74, 6) is -0.377. The molecule has 0 aliphatic carbocycles. The topological polar surface area (TPSA) is 56.1 Å². The van der Waals surface area contributed by atoms with Crippen molar-refractivity contribution in [2.24, 2.45) is 0 Å². The van der Waals surface area contributed by atoms with E-state index in [4.69, 9.17) is 0 Å². The Morgan fingerprint density at radius 1 is 1.20 bits per heavy atom. The SMILES string of the molecule is CCc1ccc(C(C)NC(=O)/C(C#N)=C\N(C)c2ccccc2)cc1. The quantitative estimate of drug-likeness (QED) is 0.643. The number of hydrogen-bond acceptors (Lipinski definition) is 3. The molecule has 0 aromatic heterocycles. The summed E-state index contributed by atoms with van der Waals surface area (Å²) in [6, 6.07) is 19.5. The second-order valence-corrected chi connectivity index (χ2v) is 5.89. The van der Waals surface area contributed by atoms with Crippen molar-refractivity contribution in [2.45, 2.75) is 26.3 Å². The van der Waals surface area contributed by atoms with Crippen LogP contribution in [0.1, 0.15) is 31.0 Å². The zero-order valence-electron chi connectivity index (χ0n) is 14.9. The van der Waals surface area contributed by atoms with Gasteiger partial charge in [0.15, 0.2) is 0 Å². The summed E-state index contributed by atoms with van der Waals surface area (Å²) in [4.78, 5) is 14.2. The van der Waals surface area contributed by atoms with Gasteiger partial charge in [0.2, 0.25) is 0 Å². The van der Waals surface area contributed by atoms with Crippen molar-refractivity contribution in [1.29, 1.82) is 5.26 Å². The molecule has 0 radical (unpaired) electrons. The van der Waals surface area contributed by atoms with Crippen LogP contribution in [0.5, 0.6) is 0 Å². The second kappa shape index (κ2) is 8.70. The van der Waals surface area contributed by atoms with E-state index >= 15 is 0 Å². The Morgan fingerprint density at radius 2 is 1.84 bits per heavy atom. The molecule has 0 spiro atoms. The van der Waals surface area contributed by atoms with Gasteiger partial charge in [-0.05, 0) is 36.6 Å². The molecule has 2 rings (SSSR count). The van der Waals surface area contributed by atoms with Crippen molar-refractivity contribution in [2.75, 3.05) is 11.9 Å². The highest BCUT2D eigenvalue weighted by atomic mass is 16.1. The first-order chi connectivity index (χ1) is 12.0. The molecule has 0 aliphatic rings. The highest BCUT2D eigenvalue weighted by Gasteiger charge is 2.14. The molecule has 1 N–H and O–H groups in total. The fraction of sp³-hybridized carbons (Fsp3) is 0.238. The van der Waals surface area contributed by atoms with E-state index in [1.807, 2.05) is 62.5 Å². The lowest BCUT2D eigenvalue weighted by molar-refractivity contribution is -0.117. The number of hydrogen-bond donors (Lipinski definition) is 1. The smallest absolute Gasteiger partial charge is 0.263 e. The van der Waals surface area contributed by atoms with Gasteiger partial charge in [0.05, 0.1) is 6.04 Å². The van der Waals surface area contributed by atoms with E-state index in [2.05, 4.69) is 24.4 Å². The molecule has 0 aliphatic heterocycles. The third kappa shape index (κ3) is 4.95. The van der Waals surface area contributed by atoms with Gasteiger partial charge in [-0.3, -0.25) is 4.79 Å². The van der Waals surface area contributed by atoms with Gasteiger partial charge in [0.1, 0.15) is 11.6 Å². The van der Waals surface area contributed by atoms with E-state index in [-0.39, 0.29) is 17.5 Å². The average Bonchev–Trinajstić information content (AvgIpc) is 2.66. The van der Waals surface area contributed by atoms with Gasteiger partial charge in [-0.2, -0.15) is 5.26 Å². The van der Waals surface area contributed by atoms with E-state index in [0.717, 1.165) is 17.7 Å². The van der Waals surface area contributed by atoms with Gasteiger partial charge in [-0.25, -0.2) is 0 Å². The van der Waals surface area contributed by atoms with Crippen molar-refractivity contribution in [3.8, 4) is 6.07 Å². The van der Waals surface area contributed by atoms with E-state index < -0.39 is 0 Å². The number of anilines is 1. The van der Waals surface area contributed by atoms with Gasteiger partial charge in [-0.1, -0.05) is 49.4 Å². The third-order valence-corrected chi connectivity index (χ3v) is 4.09. The monoisotopic (exact) mass is 333 g/mol. The molecule has 1 unspecified atom stereocenters. The predicted molar refractivity (Wildman–Crippen MR) is 101 cm³/mol. The summed E-state index contributed by atoms with van der Waals surface area (Å²) in [6.45, 7) is 4.02. The number of nitrogens with zero attached hydrogens (tertiary/aromatic N) is 2. The van der Waals surface area contributed by atoms with Gasteiger partial charge < -0.3 is 10.2 Å². The maximum absolute atomic E-state index is 12.4. The van der Waals surface area contributed by atoms with Crippen LogP contribution in [0.3, 0.4) is 0 Å². The molecule has 0 saturated carbocycles. The standard InChI is InChI=1S/C21H23N3O/c1-4-17-10-12-18(13-11-17)16(2)23-21(25)19(14-22)15-24(3)20-8-6-5-7-9-20/h5-13,15-16H,4H2,1-3H3,(H,23,25)/b19-15-. The molecule has 2 aromatic rings. The summed E-state index contributed by atoms with van der Waals surface area (Å²) in [7, 11) is 1.81. The molecule has 4 nitrogen and oxygen atoms in total. The molecule has 1 amide bonds. The molecule has 128 valence electrons. The van der Waals surface area contributed by atoms with Crippen molar-refractivity contribution >= 4 is 11.6 Å². The van der Waals surface area contributed by atoms with E-state index in [1.54, 1.807) is 11.1 Å². The zero-order valence-corrected chi connectivity index (χ0v) is 14.9. The number of aryl methyl sites for hydroxylation is 1. The number of para-hydroxylation sites is 1. The Bertz CT molecular complexity index is 773. The first-order valence-corrected chi connectivity index (χ1v) is 8.34. The second-order valence-electron chi connectivity index (χ2n) is 5.89. The van der Waals surface area contributed by atoms with Crippen LogP contribution in [0, 0.1) is 11.3 Å². The summed E-state index contributed by atoms with van der Waals surface area (Å²) in [5.41, 5.74) is 3.25. The number of nitriles is 1. The van der Waals surface area contributed by atoms with Crippen LogP contribution in [0.25, 0.3) is 0 Å². The number of rotatable bonds is 6. The number of benzene rings is 2. The predicted octanol–water partition coefficient (Wildman–Crippen LogP) is 3.97. The van der Waals surface area contributed by atoms with Crippen molar-refractivity contribution in [1.82, 2.24) is 5.32 Å². The molecule has 2 aromatic carbocycles. The van der Waals surface area contributed by atoms with Crippen molar-refractivity contribution in [3.63, 3.8) is 0 Å². The minimum atomic E-state index is -0.377. The van der Waals surface area contributed by atoms with Crippen LogP contribution in [0.4, 0.5) is 5.69 Å². The average molecular weight is 333 g/mol. The molecular formula is C21H23N3O. The van der Waals surface area contributed by atoms with Crippen molar-refractivity contribution < 1.29 is 4.79 Å². The molecule has 1 atom stereocenters. The normalized spacial score (nSPS) is 12.2. The fourth-order valence-electron chi connectivity index (χ4n) is 2.47. The molecule has 0 heterocycles. The van der Waals surface area contributed by atoms with E-state index in [0.29, 0.717) is 0 Å². The van der Waals surface area contributed by atoms with E-state index in [1.165, 1.54) is 5.56 Å². The zero-order chi connectivity index (χ0) is 18.2. The highest BCUT2D eigenvalue weighted by Crippen LogP contribution is 2.16. The van der Waals surface area contributed by atoms with Crippen LogP contribution in [-0.4, -0.2) is 13.0 Å². The summed E-state index contributed by atoms with van der Waals surface area (Å²) < 4.78 is 0. The maximum atomic E-state index is 12.4. The van der Waals surface area contributed by atoms with Gasteiger partial charge >= 0.3 is 0 Å². The molecule has 0 fully saturated rings. The first-order valence-electron chi connectivity index (χ1n) is 8.34. The number of nitrogens with one attached hydrogen (secondary N) is 1. The van der Waals surface area contributed by atoms with Gasteiger partial charge in [-0.15, -0.1) is 0 Å². The fourth-order valence-corrected chi connectivity index (χ4v) is 2.47. The molecular weight excluding hydrogens is 310 g/mol. The minimum absolute atomic E-state index is 0.0726. The summed E-state index contributed by atoms with van der Waals surface area (Å²) >= 11 is 0. The van der Waals surface area contributed by atoms with Crippen LogP contribution >= 0.6 is 0 Å². The molecule has 25 heavy (non-hydrogen) atoms. The number of carbonyl (C=O) groups is 1. The first kappa shape index (κ1) is 18.3.